The van der Waals surface area contributed by atoms with Crippen molar-refractivity contribution in [1.29, 1.82) is 0 Å². The highest BCUT2D eigenvalue weighted by Crippen LogP contribution is 2.38. The molecule has 0 spiro atoms. The van der Waals surface area contributed by atoms with Crippen LogP contribution < -0.4 is 5.32 Å². The first-order valence-corrected chi connectivity index (χ1v) is 11.5. The maximum absolute atomic E-state index is 13.3. The van der Waals surface area contributed by atoms with Gasteiger partial charge in [-0.15, -0.1) is 5.10 Å². The van der Waals surface area contributed by atoms with Crippen LogP contribution in [0.5, 0.6) is 0 Å². The Morgan fingerprint density at radius 2 is 1.66 bits per heavy atom. The lowest BCUT2D eigenvalue weighted by Crippen LogP contribution is -2.27. The SMILES string of the molecule is O=C(NCCc1ccccn1)c1ccc(C2CCC(C(=O)c3ccccc3C(F)(F)F)CC2)nn1. The van der Waals surface area contributed by atoms with Crippen molar-refractivity contribution in [3.05, 3.63) is 89.0 Å². The minimum atomic E-state index is -4.56. The summed E-state index contributed by atoms with van der Waals surface area (Å²) in [7, 11) is 0. The molecule has 0 saturated heterocycles. The van der Waals surface area contributed by atoms with Gasteiger partial charge in [-0.2, -0.15) is 18.3 Å². The van der Waals surface area contributed by atoms with Crippen LogP contribution in [0.25, 0.3) is 0 Å². The number of Topliss-reactive ketones (excluding diaryl/α,β-unsaturated/α-hetero) is 1. The van der Waals surface area contributed by atoms with E-state index in [1.165, 1.54) is 18.2 Å². The molecule has 1 saturated carbocycles. The number of benzene rings is 1. The number of rotatable bonds is 7. The van der Waals surface area contributed by atoms with Gasteiger partial charge in [0.2, 0.25) is 0 Å². The zero-order valence-corrected chi connectivity index (χ0v) is 19.0. The molecule has 1 aromatic carbocycles. The Hall–Kier alpha value is -3.62. The molecular weight excluding hydrogens is 457 g/mol. The average molecular weight is 483 g/mol. The third kappa shape index (κ3) is 6.09. The predicted octanol–water partition coefficient (Wildman–Crippen LogP) is 5.02. The smallest absolute Gasteiger partial charge is 0.350 e. The molecule has 1 aliphatic carbocycles. The summed E-state index contributed by atoms with van der Waals surface area (Å²) in [5.74, 6) is -1.18. The normalized spacial score (nSPS) is 18.1. The Bertz CT molecular complexity index is 1160. The number of amides is 1. The molecule has 0 aliphatic heterocycles. The second-order valence-electron chi connectivity index (χ2n) is 8.63. The lowest BCUT2D eigenvalue weighted by atomic mass is 9.77. The summed E-state index contributed by atoms with van der Waals surface area (Å²) in [6.07, 6.45) is -0.0603. The molecule has 2 aromatic heterocycles. The van der Waals surface area contributed by atoms with E-state index in [-0.39, 0.29) is 23.1 Å². The zero-order chi connectivity index (χ0) is 24.8. The van der Waals surface area contributed by atoms with E-state index < -0.39 is 23.4 Å². The lowest BCUT2D eigenvalue weighted by molar-refractivity contribution is -0.138. The second kappa shape index (κ2) is 10.8. The third-order valence-electron chi connectivity index (χ3n) is 6.32. The van der Waals surface area contributed by atoms with Gasteiger partial charge in [0.1, 0.15) is 0 Å². The van der Waals surface area contributed by atoms with Crippen molar-refractivity contribution >= 4 is 11.7 Å². The molecule has 1 aliphatic rings. The first-order chi connectivity index (χ1) is 16.8. The van der Waals surface area contributed by atoms with Crippen molar-refractivity contribution in [3.8, 4) is 0 Å². The Labute approximate surface area is 201 Å². The number of nitrogens with zero attached hydrogens (tertiary/aromatic N) is 3. The van der Waals surface area contributed by atoms with Crippen molar-refractivity contribution < 1.29 is 22.8 Å². The van der Waals surface area contributed by atoms with Gasteiger partial charge < -0.3 is 5.32 Å². The molecule has 1 N–H and O–H groups in total. The summed E-state index contributed by atoms with van der Waals surface area (Å²) in [6, 6.07) is 13.9. The molecule has 0 atom stereocenters. The highest BCUT2D eigenvalue weighted by atomic mass is 19.4. The van der Waals surface area contributed by atoms with Crippen molar-refractivity contribution in [3.63, 3.8) is 0 Å². The van der Waals surface area contributed by atoms with Crippen molar-refractivity contribution in [2.45, 2.75) is 44.2 Å². The number of hydrogen-bond donors (Lipinski definition) is 1. The zero-order valence-electron chi connectivity index (χ0n) is 19.0. The Balaban J connectivity index is 1.30. The van der Waals surface area contributed by atoms with E-state index in [0.29, 0.717) is 38.6 Å². The number of ketones is 1. The van der Waals surface area contributed by atoms with Crippen LogP contribution >= 0.6 is 0 Å². The highest BCUT2D eigenvalue weighted by molar-refractivity contribution is 5.99. The molecule has 4 rings (SSSR count). The van der Waals surface area contributed by atoms with Gasteiger partial charge in [0, 0.05) is 42.3 Å². The average Bonchev–Trinajstić information content (AvgIpc) is 2.88. The van der Waals surface area contributed by atoms with Gasteiger partial charge in [0.05, 0.1) is 11.3 Å². The van der Waals surface area contributed by atoms with Crippen molar-refractivity contribution in [2.24, 2.45) is 5.92 Å². The van der Waals surface area contributed by atoms with Gasteiger partial charge in [-0.05, 0) is 56.0 Å². The van der Waals surface area contributed by atoms with Crippen LogP contribution in [-0.2, 0) is 12.6 Å². The summed E-state index contributed by atoms with van der Waals surface area (Å²) >= 11 is 0. The van der Waals surface area contributed by atoms with E-state index in [1.807, 2.05) is 18.2 Å². The molecule has 0 bridgehead atoms. The third-order valence-corrected chi connectivity index (χ3v) is 6.32. The van der Waals surface area contributed by atoms with E-state index in [1.54, 1.807) is 18.3 Å². The molecule has 1 amide bonds. The van der Waals surface area contributed by atoms with Crippen LogP contribution in [0.15, 0.2) is 60.8 Å². The van der Waals surface area contributed by atoms with Crippen molar-refractivity contribution in [2.75, 3.05) is 6.54 Å². The maximum Gasteiger partial charge on any atom is 0.417 e. The van der Waals surface area contributed by atoms with Gasteiger partial charge in [0.15, 0.2) is 11.5 Å². The van der Waals surface area contributed by atoms with E-state index in [2.05, 4.69) is 20.5 Å². The van der Waals surface area contributed by atoms with Gasteiger partial charge in [0.25, 0.3) is 5.91 Å². The molecule has 2 heterocycles. The summed E-state index contributed by atoms with van der Waals surface area (Å²) in [5, 5.41) is 11.1. The van der Waals surface area contributed by atoms with Crippen LogP contribution in [0.1, 0.15) is 69.4 Å². The largest absolute Gasteiger partial charge is 0.417 e. The monoisotopic (exact) mass is 482 g/mol. The quantitative estimate of drug-likeness (QED) is 0.478. The molecule has 9 heteroatoms. The Morgan fingerprint density at radius 1 is 0.914 bits per heavy atom. The standard InChI is InChI=1S/C26H25F3N4O2/c27-26(28,29)21-7-2-1-6-20(21)24(34)18-10-8-17(9-11-18)22-12-13-23(33-32-22)25(35)31-16-14-19-5-3-4-15-30-19/h1-7,12-13,15,17-18H,8-11,14,16H2,(H,31,35). The number of aromatic nitrogens is 3. The number of hydrogen-bond acceptors (Lipinski definition) is 5. The topological polar surface area (TPSA) is 84.8 Å². The molecule has 6 nitrogen and oxygen atoms in total. The van der Waals surface area contributed by atoms with E-state index >= 15 is 0 Å². The molecule has 35 heavy (non-hydrogen) atoms. The number of pyridine rings is 1. The number of halogens is 3. The summed E-state index contributed by atoms with van der Waals surface area (Å²) in [6.45, 7) is 0.425. The molecule has 1 fully saturated rings. The van der Waals surface area contributed by atoms with Crippen LogP contribution in [-0.4, -0.2) is 33.4 Å². The van der Waals surface area contributed by atoms with Gasteiger partial charge in [-0.1, -0.05) is 24.3 Å². The molecule has 182 valence electrons. The van der Waals surface area contributed by atoms with Crippen molar-refractivity contribution in [1.82, 2.24) is 20.5 Å². The highest BCUT2D eigenvalue weighted by Gasteiger charge is 2.37. The van der Waals surface area contributed by atoms with E-state index in [9.17, 15) is 22.8 Å². The molecule has 0 radical (unpaired) electrons. The fraction of sp³-hybridized carbons (Fsp3) is 0.346. The van der Waals surface area contributed by atoms with E-state index in [4.69, 9.17) is 0 Å². The molecule has 0 unspecified atom stereocenters. The minimum Gasteiger partial charge on any atom is -0.350 e. The predicted molar refractivity (Wildman–Crippen MR) is 123 cm³/mol. The summed E-state index contributed by atoms with van der Waals surface area (Å²) in [5.41, 5.74) is 0.665. The van der Waals surface area contributed by atoms with Crippen LogP contribution in [0.4, 0.5) is 13.2 Å². The fourth-order valence-corrected chi connectivity index (χ4v) is 4.44. The second-order valence-corrected chi connectivity index (χ2v) is 8.63. The molecular formula is C26H25F3N4O2. The first kappa shape index (κ1) is 24.5. The van der Waals surface area contributed by atoms with E-state index in [0.717, 1.165) is 17.5 Å². The summed E-state index contributed by atoms with van der Waals surface area (Å²) in [4.78, 5) is 29.4. The number of carbonyl (C=O) groups is 2. The Morgan fingerprint density at radius 3 is 2.31 bits per heavy atom. The summed E-state index contributed by atoms with van der Waals surface area (Å²) < 4.78 is 39.9. The maximum atomic E-state index is 13.3. The lowest BCUT2D eigenvalue weighted by Gasteiger charge is -2.27. The minimum absolute atomic E-state index is 0.0469. The van der Waals surface area contributed by atoms with Gasteiger partial charge >= 0.3 is 6.18 Å². The first-order valence-electron chi connectivity index (χ1n) is 11.5. The van der Waals surface area contributed by atoms with Crippen LogP contribution in [0, 0.1) is 5.92 Å². The number of alkyl halides is 3. The number of carbonyl (C=O) groups excluding carboxylic acids is 2. The Kier molecular flexibility index (Phi) is 7.53. The van der Waals surface area contributed by atoms with Gasteiger partial charge in [-0.25, -0.2) is 0 Å². The van der Waals surface area contributed by atoms with Gasteiger partial charge in [-0.3, -0.25) is 14.6 Å². The van der Waals surface area contributed by atoms with Crippen LogP contribution in [0.3, 0.4) is 0 Å². The van der Waals surface area contributed by atoms with Crippen LogP contribution in [0.2, 0.25) is 0 Å². The fourth-order valence-electron chi connectivity index (χ4n) is 4.44. The molecule has 3 aromatic rings. The number of nitrogens with one attached hydrogen (secondary N) is 1.